The number of nitrogens with one attached hydrogen (secondary N) is 1. The zero-order valence-corrected chi connectivity index (χ0v) is 13.4. The SMILES string of the molecule is CC(C)NC[C@H](O)COc1ccc([C@H](C)O)c2ccccc12. The Balaban J connectivity index is 2.14. The fraction of sp³-hybridized carbons (Fsp3) is 0.444. The molecule has 0 bridgehead atoms. The first-order valence-electron chi connectivity index (χ1n) is 7.73. The van der Waals surface area contributed by atoms with E-state index in [1.54, 1.807) is 6.92 Å². The number of aliphatic hydroxyl groups is 2. The Kier molecular flexibility index (Phi) is 5.77. The summed E-state index contributed by atoms with van der Waals surface area (Å²) < 4.78 is 5.78. The van der Waals surface area contributed by atoms with Gasteiger partial charge in [0.05, 0.1) is 6.10 Å². The molecular weight excluding hydrogens is 278 g/mol. The highest BCUT2D eigenvalue weighted by Crippen LogP contribution is 2.31. The number of hydrogen-bond donors (Lipinski definition) is 3. The zero-order chi connectivity index (χ0) is 16.1. The second kappa shape index (κ2) is 7.58. The predicted octanol–water partition coefficient (Wildman–Crippen LogP) is 2.63. The first-order valence-corrected chi connectivity index (χ1v) is 7.73. The lowest BCUT2D eigenvalue weighted by molar-refractivity contribution is 0.105. The highest BCUT2D eigenvalue weighted by molar-refractivity contribution is 5.91. The molecule has 0 aromatic heterocycles. The van der Waals surface area contributed by atoms with E-state index in [1.165, 1.54) is 0 Å². The van der Waals surface area contributed by atoms with Crippen LogP contribution in [-0.4, -0.2) is 35.5 Å². The van der Waals surface area contributed by atoms with E-state index >= 15 is 0 Å². The summed E-state index contributed by atoms with van der Waals surface area (Å²) in [7, 11) is 0. The average molecular weight is 303 g/mol. The number of fused-ring (bicyclic) bond motifs is 1. The molecule has 3 N–H and O–H groups in total. The summed E-state index contributed by atoms with van der Waals surface area (Å²) in [6.07, 6.45) is -1.09. The van der Waals surface area contributed by atoms with Crippen molar-refractivity contribution in [1.29, 1.82) is 0 Å². The smallest absolute Gasteiger partial charge is 0.127 e. The zero-order valence-electron chi connectivity index (χ0n) is 13.4. The van der Waals surface area contributed by atoms with Crippen molar-refractivity contribution in [3.8, 4) is 5.75 Å². The van der Waals surface area contributed by atoms with E-state index in [0.29, 0.717) is 12.6 Å². The number of aliphatic hydroxyl groups excluding tert-OH is 2. The van der Waals surface area contributed by atoms with E-state index in [9.17, 15) is 10.2 Å². The van der Waals surface area contributed by atoms with Gasteiger partial charge in [-0.15, -0.1) is 0 Å². The first-order chi connectivity index (χ1) is 10.5. The van der Waals surface area contributed by atoms with Crippen LogP contribution in [0.5, 0.6) is 5.75 Å². The Morgan fingerprint density at radius 2 is 1.68 bits per heavy atom. The van der Waals surface area contributed by atoms with Gasteiger partial charge in [-0.2, -0.15) is 0 Å². The fourth-order valence-electron chi connectivity index (χ4n) is 2.40. The van der Waals surface area contributed by atoms with Crippen molar-refractivity contribution < 1.29 is 14.9 Å². The largest absolute Gasteiger partial charge is 0.490 e. The van der Waals surface area contributed by atoms with E-state index < -0.39 is 12.2 Å². The lowest BCUT2D eigenvalue weighted by atomic mass is 10.0. The van der Waals surface area contributed by atoms with Gasteiger partial charge in [0.1, 0.15) is 18.5 Å². The van der Waals surface area contributed by atoms with Gasteiger partial charge in [0.15, 0.2) is 0 Å². The molecule has 4 nitrogen and oxygen atoms in total. The minimum atomic E-state index is -0.558. The normalized spacial score (nSPS) is 14.3. The molecule has 0 saturated carbocycles. The summed E-state index contributed by atoms with van der Waals surface area (Å²) in [4.78, 5) is 0. The minimum Gasteiger partial charge on any atom is -0.490 e. The third-order valence-electron chi connectivity index (χ3n) is 3.56. The Bertz CT molecular complexity index is 610. The van der Waals surface area contributed by atoms with E-state index in [-0.39, 0.29) is 6.61 Å². The monoisotopic (exact) mass is 303 g/mol. The molecule has 0 aliphatic carbocycles. The highest BCUT2D eigenvalue weighted by Gasteiger charge is 2.12. The molecule has 0 amide bonds. The van der Waals surface area contributed by atoms with Crippen molar-refractivity contribution in [2.45, 2.75) is 39.0 Å². The van der Waals surface area contributed by atoms with Gasteiger partial charge < -0.3 is 20.3 Å². The van der Waals surface area contributed by atoms with Gasteiger partial charge in [0.25, 0.3) is 0 Å². The Labute approximate surface area is 131 Å². The van der Waals surface area contributed by atoms with Crippen LogP contribution in [0.1, 0.15) is 32.4 Å². The highest BCUT2D eigenvalue weighted by atomic mass is 16.5. The van der Waals surface area contributed by atoms with Gasteiger partial charge in [-0.05, 0) is 23.9 Å². The molecule has 120 valence electrons. The van der Waals surface area contributed by atoms with Crippen LogP contribution in [0.4, 0.5) is 0 Å². The lowest BCUT2D eigenvalue weighted by Crippen LogP contribution is -2.35. The van der Waals surface area contributed by atoms with Gasteiger partial charge >= 0.3 is 0 Å². The van der Waals surface area contributed by atoms with Crippen molar-refractivity contribution in [2.75, 3.05) is 13.2 Å². The molecule has 0 aliphatic rings. The molecule has 2 rings (SSSR count). The molecule has 0 saturated heterocycles. The summed E-state index contributed by atoms with van der Waals surface area (Å²) in [5.74, 6) is 0.726. The van der Waals surface area contributed by atoms with Crippen LogP contribution in [0.15, 0.2) is 36.4 Å². The molecular formula is C18H25NO3. The van der Waals surface area contributed by atoms with Crippen molar-refractivity contribution >= 4 is 10.8 Å². The molecule has 4 heteroatoms. The molecule has 0 spiro atoms. The van der Waals surface area contributed by atoms with Gasteiger partial charge in [-0.1, -0.05) is 44.2 Å². The van der Waals surface area contributed by atoms with Crippen LogP contribution in [0.25, 0.3) is 10.8 Å². The maximum absolute atomic E-state index is 9.95. The third-order valence-corrected chi connectivity index (χ3v) is 3.56. The van der Waals surface area contributed by atoms with Crippen LogP contribution in [-0.2, 0) is 0 Å². The molecule has 0 fully saturated rings. The van der Waals surface area contributed by atoms with Crippen LogP contribution >= 0.6 is 0 Å². The van der Waals surface area contributed by atoms with Crippen LogP contribution in [0, 0.1) is 0 Å². The van der Waals surface area contributed by atoms with Gasteiger partial charge in [0, 0.05) is 18.0 Å². The van der Waals surface area contributed by atoms with Crippen LogP contribution in [0.2, 0.25) is 0 Å². The number of ether oxygens (including phenoxy) is 1. The molecule has 2 atom stereocenters. The molecule has 2 aromatic rings. The summed E-state index contributed by atoms with van der Waals surface area (Å²) in [6.45, 7) is 6.56. The van der Waals surface area contributed by atoms with Gasteiger partial charge in [-0.3, -0.25) is 0 Å². The number of hydrogen-bond acceptors (Lipinski definition) is 4. The summed E-state index contributed by atoms with van der Waals surface area (Å²) in [5, 5.41) is 24.9. The molecule has 2 aromatic carbocycles. The van der Waals surface area contributed by atoms with Crippen molar-refractivity contribution in [3.63, 3.8) is 0 Å². The Hall–Kier alpha value is -1.62. The lowest BCUT2D eigenvalue weighted by Gasteiger charge is -2.17. The average Bonchev–Trinajstić information content (AvgIpc) is 2.50. The van der Waals surface area contributed by atoms with E-state index in [0.717, 1.165) is 22.1 Å². The maximum Gasteiger partial charge on any atom is 0.127 e. The van der Waals surface area contributed by atoms with Crippen molar-refractivity contribution in [2.24, 2.45) is 0 Å². The summed E-state index contributed by atoms with van der Waals surface area (Å²) >= 11 is 0. The quantitative estimate of drug-likeness (QED) is 0.736. The van der Waals surface area contributed by atoms with Crippen LogP contribution < -0.4 is 10.1 Å². The standard InChI is InChI=1S/C18H25NO3/c1-12(2)19-10-14(21)11-22-18-9-8-15(13(3)20)16-6-4-5-7-17(16)18/h4-9,12-14,19-21H,10-11H2,1-3H3/t13-,14-/m0/s1. The van der Waals surface area contributed by atoms with Crippen molar-refractivity contribution in [1.82, 2.24) is 5.32 Å². The topological polar surface area (TPSA) is 61.7 Å². The summed E-state index contributed by atoms with van der Waals surface area (Å²) in [5.41, 5.74) is 0.880. The van der Waals surface area contributed by atoms with Gasteiger partial charge in [0.2, 0.25) is 0 Å². The first kappa shape index (κ1) is 16.7. The molecule has 22 heavy (non-hydrogen) atoms. The molecule has 0 aliphatic heterocycles. The van der Waals surface area contributed by atoms with E-state index in [2.05, 4.69) is 5.32 Å². The predicted molar refractivity (Wildman–Crippen MR) is 89.2 cm³/mol. The molecule has 0 unspecified atom stereocenters. The number of benzene rings is 2. The maximum atomic E-state index is 9.95. The third kappa shape index (κ3) is 4.19. The molecule has 0 radical (unpaired) electrons. The van der Waals surface area contributed by atoms with E-state index in [1.807, 2.05) is 50.2 Å². The van der Waals surface area contributed by atoms with E-state index in [4.69, 9.17) is 4.74 Å². The summed E-state index contributed by atoms with van der Waals surface area (Å²) in [6, 6.07) is 11.9. The Morgan fingerprint density at radius 1 is 1.00 bits per heavy atom. The Morgan fingerprint density at radius 3 is 2.32 bits per heavy atom. The number of rotatable bonds is 7. The van der Waals surface area contributed by atoms with Crippen molar-refractivity contribution in [3.05, 3.63) is 42.0 Å². The van der Waals surface area contributed by atoms with Crippen LogP contribution in [0.3, 0.4) is 0 Å². The molecule has 0 heterocycles. The fourth-order valence-corrected chi connectivity index (χ4v) is 2.40. The second-order valence-electron chi connectivity index (χ2n) is 5.90. The minimum absolute atomic E-state index is 0.234. The second-order valence-corrected chi connectivity index (χ2v) is 5.90. The van der Waals surface area contributed by atoms with Gasteiger partial charge in [-0.25, -0.2) is 0 Å².